The van der Waals surface area contributed by atoms with Crippen LogP contribution in [0.2, 0.25) is 0 Å². The molecule has 0 aliphatic rings. The summed E-state index contributed by atoms with van der Waals surface area (Å²) in [6.45, 7) is 4.99. The summed E-state index contributed by atoms with van der Waals surface area (Å²) in [4.78, 5) is 40.3. The number of Topliss-reactive ketones (excluding diaryl/α,β-unsaturated/α-hetero) is 2. The molecule has 0 bridgehead atoms. The zero-order valence-electron chi connectivity index (χ0n) is 9.86. The highest BCUT2D eigenvalue weighted by atomic mass is 79.9. The number of rotatable bonds is 5. The lowest BCUT2D eigenvalue weighted by molar-refractivity contribution is -0.153. The second-order valence-corrected chi connectivity index (χ2v) is 4.16. The van der Waals surface area contributed by atoms with Crippen molar-refractivity contribution in [2.24, 2.45) is 0 Å². The van der Waals surface area contributed by atoms with Gasteiger partial charge in [-0.25, -0.2) is 9.59 Å². The molecule has 0 saturated carbocycles. The Morgan fingerprint density at radius 3 is 1.88 bits per heavy atom. The summed E-state index contributed by atoms with van der Waals surface area (Å²) in [7, 11) is 0. The predicted molar refractivity (Wildman–Crippen MR) is 63.0 cm³/mol. The van der Waals surface area contributed by atoms with E-state index in [1.165, 1.54) is 6.92 Å². The van der Waals surface area contributed by atoms with E-state index in [0.717, 1.165) is 0 Å². The number of ether oxygens (including phenoxy) is 1. The minimum absolute atomic E-state index is 0.0787. The number of alkyl halides is 1. The van der Waals surface area contributed by atoms with E-state index in [1.807, 2.05) is 0 Å². The number of carbonyl (C=O) groups excluding carboxylic acids is 3. The van der Waals surface area contributed by atoms with Crippen molar-refractivity contribution in [3.63, 3.8) is 0 Å². The molecule has 0 spiro atoms. The van der Waals surface area contributed by atoms with Gasteiger partial charge in [0.05, 0.1) is 11.4 Å². The molecule has 0 heterocycles. The normalized spacial score (nSPS) is 10.6. The van der Waals surface area contributed by atoms with Gasteiger partial charge in [0.25, 0.3) is 5.78 Å². The number of carboxylic acids is 1. The monoisotopic (exact) mass is 310 g/mol. The quantitative estimate of drug-likeness (QED) is 0.461. The van der Waals surface area contributed by atoms with E-state index >= 15 is 0 Å². The van der Waals surface area contributed by atoms with E-state index in [4.69, 9.17) is 5.11 Å². The lowest BCUT2D eigenvalue weighted by Gasteiger charge is -2.00. The maximum atomic E-state index is 10.7. The molecule has 0 amide bonds. The van der Waals surface area contributed by atoms with E-state index in [2.05, 4.69) is 20.7 Å². The molecule has 0 aliphatic heterocycles. The van der Waals surface area contributed by atoms with Crippen LogP contribution in [-0.2, 0) is 23.9 Å². The number of ketones is 2. The van der Waals surface area contributed by atoms with Crippen molar-refractivity contribution in [1.29, 1.82) is 0 Å². The molecule has 0 fully saturated rings. The van der Waals surface area contributed by atoms with Gasteiger partial charge in [-0.2, -0.15) is 0 Å². The van der Waals surface area contributed by atoms with Gasteiger partial charge in [0.15, 0.2) is 0 Å². The Labute approximate surface area is 107 Å². The van der Waals surface area contributed by atoms with E-state index in [0.29, 0.717) is 0 Å². The highest BCUT2D eigenvalue weighted by molar-refractivity contribution is 9.10. The minimum Gasteiger partial charge on any atom is -0.476 e. The molecule has 17 heavy (non-hydrogen) atoms. The van der Waals surface area contributed by atoms with Crippen LogP contribution in [-0.4, -0.2) is 40.0 Å². The van der Waals surface area contributed by atoms with Gasteiger partial charge < -0.3 is 9.84 Å². The van der Waals surface area contributed by atoms with Gasteiger partial charge in [-0.05, 0) is 13.8 Å². The third-order valence-electron chi connectivity index (χ3n) is 1.40. The van der Waals surface area contributed by atoms with Crippen LogP contribution in [0.15, 0.2) is 0 Å². The molecule has 1 atom stereocenters. The van der Waals surface area contributed by atoms with Gasteiger partial charge in [-0.15, -0.1) is 0 Å². The largest absolute Gasteiger partial charge is 0.476 e. The lowest BCUT2D eigenvalue weighted by Crippen LogP contribution is -2.23. The maximum Gasteiger partial charge on any atom is 0.375 e. The van der Waals surface area contributed by atoms with Gasteiger partial charge in [-0.3, -0.25) is 9.59 Å². The molecule has 0 radical (unpaired) electrons. The second kappa shape index (κ2) is 9.95. The standard InChI is InChI=1S/C6H9BrO3.C4H6O3/c1-3-10-6(9)5(8)4(2)7;1-2-3(5)4(6)7/h4H,3H2,1-2H3;2H2,1H3,(H,6,7). The van der Waals surface area contributed by atoms with Crippen molar-refractivity contribution in [1.82, 2.24) is 0 Å². The second-order valence-electron chi connectivity index (χ2n) is 2.78. The summed E-state index contributed by atoms with van der Waals surface area (Å²) in [5.41, 5.74) is 0. The third kappa shape index (κ3) is 9.68. The fraction of sp³-hybridized carbons (Fsp3) is 0.600. The first-order valence-corrected chi connectivity index (χ1v) is 5.80. The van der Waals surface area contributed by atoms with Crippen LogP contribution < -0.4 is 0 Å². The van der Waals surface area contributed by atoms with Gasteiger partial charge in [0.2, 0.25) is 5.78 Å². The van der Waals surface area contributed by atoms with Crippen LogP contribution in [0.5, 0.6) is 0 Å². The average molecular weight is 311 g/mol. The Balaban J connectivity index is 0. The highest BCUT2D eigenvalue weighted by Gasteiger charge is 2.19. The summed E-state index contributed by atoms with van der Waals surface area (Å²) >= 11 is 2.96. The average Bonchev–Trinajstić information content (AvgIpc) is 2.27. The number of aliphatic carboxylic acids is 1. The van der Waals surface area contributed by atoms with E-state index in [9.17, 15) is 19.2 Å². The molecular formula is C10H15BrO6. The molecule has 0 aromatic rings. The maximum absolute atomic E-state index is 10.7. The molecule has 0 saturated heterocycles. The van der Waals surface area contributed by atoms with Crippen LogP contribution >= 0.6 is 15.9 Å². The SMILES string of the molecule is CCC(=O)C(=O)O.CCOC(=O)C(=O)C(C)Br. The topological polar surface area (TPSA) is 97.7 Å². The molecule has 98 valence electrons. The van der Waals surface area contributed by atoms with Crippen LogP contribution in [0.3, 0.4) is 0 Å². The summed E-state index contributed by atoms with van der Waals surface area (Å²) in [5.74, 6) is -3.39. The van der Waals surface area contributed by atoms with Crippen LogP contribution in [0.1, 0.15) is 27.2 Å². The van der Waals surface area contributed by atoms with Crippen LogP contribution in [0, 0.1) is 0 Å². The Bertz CT molecular complexity index is 297. The van der Waals surface area contributed by atoms with Crippen molar-refractivity contribution < 1.29 is 29.0 Å². The first-order chi connectivity index (χ1) is 7.77. The number of esters is 1. The number of carboxylic acid groups (broad SMARTS) is 1. The Kier molecular flexibility index (Phi) is 10.6. The number of carbonyl (C=O) groups is 4. The molecule has 0 aromatic carbocycles. The van der Waals surface area contributed by atoms with Gasteiger partial charge in [0, 0.05) is 6.42 Å². The van der Waals surface area contributed by atoms with E-state index < -0.39 is 28.3 Å². The smallest absolute Gasteiger partial charge is 0.375 e. The highest BCUT2D eigenvalue weighted by Crippen LogP contribution is 1.99. The fourth-order valence-electron chi connectivity index (χ4n) is 0.516. The van der Waals surface area contributed by atoms with E-state index in [-0.39, 0.29) is 13.0 Å². The van der Waals surface area contributed by atoms with Gasteiger partial charge >= 0.3 is 11.9 Å². The molecule has 6 nitrogen and oxygen atoms in total. The van der Waals surface area contributed by atoms with Crippen LogP contribution in [0.25, 0.3) is 0 Å². The van der Waals surface area contributed by atoms with Gasteiger partial charge in [0.1, 0.15) is 0 Å². The Morgan fingerprint density at radius 1 is 1.24 bits per heavy atom. The summed E-state index contributed by atoms with van der Waals surface area (Å²) in [6, 6.07) is 0. The first-order valence-electron chi connectivity index (χ1n) is 4.88. The number of halogens is 1. The lowest BCUT2D eigenvalue weighted by atomic mass is 10.3. The molecule has 1 N–H and O–H groups in total. The summed E-state index contributed by atoms with van der Waals surface area (Å²) < 4.78 is 4.45. The van der Waals surface area contributed by atoms with Crippen molar-refractivity contribution >= 4 is 39.4 Å². The predicted octanol–water partition coefficient (Wildman–Crippen LogP) is 0.952. The molecule has 1 unspecified atom stereocenters. The van der Waals surface area contributed by atoms with Crippen molar-refractivity contribution in [2.45, 2.75) is 32.0 Å². The third-order valence-corrected chi connectivity index (χ3v) is 1.81. The molecule has 0 aliphatic carbocycles. The van der Waals surface area contributed by atoms with Gasteiger partial charge in [-0.1, -0.05) is 22.9 Å². The number of hydrogen-bond donors (Lipinski definition) is 1. The number of hydrogen-bond acceptors (Lipinski definition) is 5. The summed E-state index contributed by atoms with van der Waals surface area (Å²) in [6.07, 6.45) is 0.0787. The van der Waals surface area contributed by atoms with Crippen molar-refractivity contribution in [3.8, 4) is 0 Å². The van der Waals surface area contributed by atoms with Crippen molar-refractivity contribution in [3.05, 3.63) is 0 Å². The molecule has 7 heteroatoms. The summed E-state index contributed by atoms with van der Waals surface area (Å²) in [5, 5.41) is 7.83. The zero-order valence-corrected chi connectivity index (χ0v) is 11.4. The Morgan fingerprint density at radius 2 is 1.71 bits per heavy atom. The minimum atomic E-state index is -1.34. The molecular weight excluding hydrogens is 296 g/mol. The van der Waals surface area contributed by atoms with Crippen molar-refractivity contribution in [2.75, 3.05) is 6.61 Å². The molecule has 0 aromatic heterocycles. The zero-order chi connectivity index (χ0) is 14.0. The Hall–Kier alpha value is -1.24. The van der Waals surface area contributed by atoms with Crippen LogP contribution in [0.4, 0.5) is 0 Å². The molecule has 0 rings (SSSR count). The fourth-order valence-corrected chi connectivity index (χ4v) is 0.703. The van der Waals surface area contributed by atoms with E-state index in [1.54, 1.807) is 13.8 Å². The first kappa shape index (κ1) is 18.1.